The normalized spacial score (nSPS) is 26.7. The van der Waals surface area contributed by atoms with Gasteiger partial charge in [-0.1, -0.05) is 19.3 Å². The number of aldehydes is 1. The third-order valence-electron chi connectivity index (χ3n) is 4.66. The summed E-state index contributed by atoms with van der Waals surface area (Å²) in [7, 11) is 2.20. The Bertz CT molecular complexity index is 241. The molecule has 0 saturated heterocycles. The second kappa shape index (κ2) is 4.87. The highest BCUT2D eigenvalue weighted by molar-refractivity contribution is 5.60. The van der Waals surface area contributed by atoms with Crippen LogP contribution in [0.1, 0.15) is 51.9 Å². The van der Waals surface area contributed by atoms with Gasteiger partial charge in [0.2, 0.25) is 0 Å². The molecule has 0 heterocycles. The summed E-state index contributed by atoms with van der Waals surface area (Å²) in [4.78, 5) is 13.8. The van der Waals surface area contributed by atoms with Crippen LogP contribution in [0.5, 0.6) is 0 Å². The van der Waals surface area contributed by atoms with E-state index in [9.17, 15) is 4.79 Å². The lowest BCUT2D eigenvalue weighted by Crippen LogP contribution is -2.42. The minimum Gasteiger partial charge on any atom is -0.303 e. The van der Waals surface area contributed by atoms with Gasteiger partial charge in [-0.05, 0) is 45.6 Å². The van der Waals surface area contributed by atoms with Gasteiger partial charge in [-0.15, -0.1) is 0 Å². The third kappa shape index (κ3) is 2.65. The number of carbonyl (C=O) groups excluding carboxylic acids is 1. The van der Waals surface area contributed by atoms with Crippen molar-refractivity contribution in [3.63, 3.8) is 0 Å². The number of nitrogens with zero attached hydrogens (tertiary/aromatic N) is 1. The molecule has 2 aliphatic carbocycles. The van der Waals surface area contributed by atoms with Gasteiger partial charge in [-0.25, -0.2) is 0 Å². The molecule has 92 valence electrons. The smallest absolute Gasteiger partial charge is 0.127 e. The lowest BCUT2D eigenvalue weighted by atomic mass is 9.74. The molecular formula is C14H25NO. The van der Waals surface area contributed by atoms with E-state index in [0.29, 0.717) is 6.04 Å². The van der Waals surface area contributed by atoms with Gasteiger partial charge < -0.3 is 9.69 Å². The molecule has 0 aromatic rings. The van der Waals surface area contributed by atoms with Gasteiger partial charge in [-0.3, -0.25) is 0 Å². The van der Waals surface area contributed by atoms with Crippen molar-refractivity contribution >= 4 is 6.29 Å². The highest BCUT2D eigenvalue weighted by Crippen LogP contribution is 2.38. The molecule has 2 saturated carbocycles. The molecule has 0 spiro atoms. The van der Waals surface area contributed by atoms with Crippen molar-refractivity contribution in [3.8, 4) is 0 Å². The molecule has 2 aliphatic rings. The average molecular weight is 223 g/mol. The summed E-state index contributed by atoms with van der Waals surface area (Å²) < 4.78 is 0. The quantitative estimate of drug-likeness (QED) is 0.668. The fourth-order valence-corrected chi connectivity index (χ4v) is 3.15. The molecule has 0 aromatic carbocycles. The average Bonchev–Trinajstić information content (AvgIpc) is 3.13. The molecule has 0 bridgehead atoms. The molecule has 2 rings (SSSR count). The Morgan fingerprint density at radius 2 is 1.94 bits per heavy atom. The Hall–Kier alpha value is -0.370. The second-order valence-corrected chi connectivity index (χ2v) is 6.03. The van der Waals surface area contributed by atoms with E-state index in [1.54, 1.807) is 0 Å². The first-order valence-corrected chi connectivity index (χ1v) is 6.83. The molecule has 0 aromatic heterocycles. The zero-order valence-electron chi connectivity index (χ0n) is 10.7. The number of rotatable bonds is 5. The highest BCUT2D eigenvalue weighted by atomic mass is 16.1. The molecule has 1 atom stereocenters. The lowest BCUT2D eigenvalue weighted by Gasteiger charge is -2.38. The maximum atomic E-state index is 11.4. The van der Waals surface area contributed by atoms with Crippen LogP contribution in [-0.4, -0.2) is 30.8 Å². The van der Waals surface area contributed by atoms with Crippen molar-refractivity contribution in [2.45, 2.75) is 57.9 Å². The first-order chi connectivity index (χ1) is 7.67. The van der Waals surface area contributed by atoms with E-state index < -0.39 is 0 Å². The molecule has 0 aliphatic heterocycles. The van der Waals surface area contributed by atoms with Crippen LogP contribution in [0, 0.1) is 11.3 Å². The first kappa shape index (κ1) is 12.1. The van der Waals surface area contributed by atoms with Crippen molar-refractivity contribution in [3.05, 3.63) is 0 Å². The Morgan fingerprint density at radius 1 is 1.31 bits per heavy atom. The van der Waals surface area contributed by atoms with E-state index in [4.69, 9.17) is 0 Å². The zero-order chi connectivity index (χ0) is 11.6. The van der Waals surface area contributed by atoms with Crippen molar-refractivity contribution < 1.29 is 4.79 Å². The van der Waals surface area contributed by atoms with Crippen molar-refractivity contribution in [1.82, 2.24) is 4.90 Å². The molecule has 0 N–H and O–H groups in total. The van der Waals surface area contributed by atoms with E-state index in [-0.39, 0.29) is 5.41 Å². The Balaban J connectivity index is 1.91. The topological polar surface area (TPSA) is 20.3 Å². The van der Waals surface area contributed by atoms with Crippen LogP contribution in [0.2, 0.25) is 0 Å². The van der Waals surface area contributed by atoms with Crippen LogP contribution in [-0.2, 0) is 4.79 Å². The SMILES string of the molecule is CC(C1CC1)N(C)CC1(C=O)CCCCC1. The summed E-state index contributed by atoms with van der Waals surface area (Å²) in [6, 6.07) is 0.666. The van der Waals surface area contributed by atoms with Gasteiger partial charge in [-0.2, -0.15) is 0 Å². The molecule has 2 heteroatoms. The minimum atomic E-state index is -0.0177. The maximum Gasteiger partial charge on any atom is 0.127 e. The van der Waals surface area contributed by atoms with E-state index in [1.165, 1.54) is 38.4 Å². The fourth-order valence-electron chi connectivity index (χ4n) is 3.15. The first-order valence-electron chi connectivity index (χ1n) is 6.83. The van der Waals surface area contributed by atoms with Gasteiger partial charge in [0, 0.05) is 18.0 Å². The van der Waals surface area contributed by atoms with Crippen molar-refractivity contribution in [2.24, 2.45) is 11.3 Å². The summed E-state index contributed by atoms with van der Waals surface area (Å²) in [5.74, 6) is 0.900. The van der Waals surface area contributed by atoms with E-state index in [0.717, 1.165) is 25.3 Å². The molecule has 0 radical (unpaired) electrons. The predicted molar refractivity (Wildman–Crippen MR) is 66.4 cm³/mol. The molecular weight excluding hydrogens is 198 g/mol. The van der Waals surface area contributed by atoms with Gasteiger partial charge in [0.15, 0.2) is 0 Å². The van der Waals surface area contributed by atoms with Gasteiger partial charge in [0.05, 0.1) is 0 Å². The maximum absolute atomic E-state index is 11.4. The van der Waals surface area contributed by atoms with Crippen molar-refractivity contribution in [1.29, 1.82) is 0 Å². The van der Waals surface area contributed by atoms with Crippen LogP contribution in [0.3, 0.4) is 0 Å². The van der Waals surface area contributed by atoms with E-state index in [2.05, 4.69) is 18.9 Å². The Labute approximate surface area is 99.4 Å². The summed E-state index contributed by atoms with van der Waals surface area (Å²) in [6.45, 7) is 3.30. The number of carbonyl (C=O) groups is 1. The summed E-state index contributed by atoms with van der Waals surface area (Å²) in [5, 5.41) is 0. The minimum absolute atomic E-state index is 0.0177. The van der Waals surface area contributed by atoms with Gasteiger partial charge >= 0.3 is 0 Å². The van der Waals surface area contributed by atoms with Gasteiger partial charge in [0.1, 0.15) is 6.29 Å². The van der Waals surface area contributed by atoms with E-state index in [1.807, 2.05) is 0 Å². The van der Waals surface area contributed by atoms with Crippen LogP contribution in [0.4, 0.5) is 0 Å². The van der Waals surface area contributed by atoms with Crippen LogP contribution in [0.15, 0.2) is 0 Å². The monoisotopic (exact) mass is 223 g/mol. The Kier molecular flexibility index (Phi) is 3.68. The fraction of sp³-hybridized carbons (Fsp3) is 0.929. The zero-order valence-corrected chi connectivity index (χ0v) is 10.7. The molecule has 16 heavy (non-hydrogen) atoms. The molecule has 2 fully saturated rings. The molecule has 0 amide bonds. The van der Waals surface area contributed by atoms with E-state index >= 15 is 0 Å². The van der Waals surface area contributed by atoms with Crippen molar-refractivity contribution in [2.75, 3.05) is 13.6 Å². The molecule has 2 nitrogen and oxygen atoms in total. The van der Waals surface area contributed by atoms with Crippen LogP contribution >= 0.6 is 0 Å². The Morgan fingerprint density at radius 3 is 2.44 bits per heavy atom. The van der Waals surface area contributed by atoms with Crippen LogP contribution < -0.4 is 0 Å². The number of hydrogen-bond donors (Lipinski definition) is 0. The summed E-state index contributed by atoms with van der Waals surface area (Å²) >= 11 is 0. The van der Waals surface area contributed by atoms with Crippen LogP contribution in [0.25, 0.3) is 0 Å². The lowest BCUT2D eigenvalue weighted by molar-refractivity contribution is -0.119. The summed E-state index contributed by atoms with van der Waals surface area (Å²) in [5.41, 5.74) is -0.0177. The highest BCUT2D eigenvalue weighted by Gasteiger charge is 2.37. The third-order valence-corrected chi connectivity index (χ3v) is 4.66. The number of hydrogen-bond acceptors (Lipinski definition) is 2. The predicted octanol–water partition coefficient (Wildman–Crippen LogP) is 2.87. The second-order valence-electron chi connectivity index (χ2n) is 6.03. The largest absolute Gasteiger partial charge is 0.303 e. The molecule has 1 unspecified atom stereocenters. The standard InChI is InChI=1S/C14H25NO/c1-12(13-6-7-13)15(2)10-14(11-16)8-4-3-5-9-14/h11-13H,3-10H2,1-2H3. The summed E-state index contributed by atoms with van der Waals surface area (Å²) in [6.07, 6.45) is 10.0. The van der Waals surface area contributed by atoms with Gasteiger partial charge in [0.25, 0.3) is 0 Å².